The second-order valence-electron chi connectivity index (χ2n) is 2.16. The molecule has 3 nitrogen and oxygen atoms in total. The molecule has 0 fully saturated rings. The number of aromatic nitrogens is 1. The summed E-state index contributed by atoms with van der Waals surface area (Å²) in [5, 5.41) is 0. The second-order valence-corrected chi connectivity index (χ2v) is 2.16. The number of hydrogen-bond donors (Lipinski definition) is 0. The lowest BCUT2D eigenvalue weighted by atomic mass is 10.3. The molecule has 3 heteroatoms. The Balaban J connectivity index is 3.16. The summed E-state index contributed by atoms with van der Waals surface area (Å²) in [7, 11) is 1.51. The summed E-state index contributed by atoms with van der Waals surface area (Å²) in [5.74, 6) is 0.519. The lowest BCUT2D eigenvalue weighted by Crippen LogP contribution is -1.95. The Morgan fingerprint density at radius 1 is 1.55 bits per heavy atom. The maximum atomic E-state index is 10.4. The molecule has 0 spiro atoms. The van der Waals surface area contributed by atoms with Gasteiger partial charge in [-0.3, -0.25) is 4.79 Å². The minimum atomic E-state index is 0.354. The van der Waals surface area contributed by atoms with Crippen LogP contribution in [0.3, 0.4) is 0 Å². The highest BCUT2D eigenvalue weighted by molar-refractivity contribution is 5.76. The minimum Gasteiger partial charge on any atom is -0.494 e. The zero-order valence-electron chi connectivity index (χ0n) is 6.50. The predicted molar refractivity (Wildman–Crippen MR) is 40.9 cm³/mol. The van der Waals surface area contributed by atoms with Crippen LogP contribution >= 0.6 is 0 Å². The molecule has 0 amide bonds. The molecule has 0 bridgehead atoms. The van der Waals surface area contributed by atoms with Crippen molar-refractivity contribution < 1.29 is 9.53 Å². The Morgan fingerprint density at radius 2 is 2.27 bits per heavy atom. The van der Waals surface area contributed by atoms with Crippen molar-refractivity contribution in [3.8, 4) is 5.75 Å². The van der Waals surface area contributed by atoms with Crippen molar-refractivity contribution in [1.82, 2.24) is 4.98 Å². The normalized spacial score (nSPS) is 9.27. The molecule has 0 unspecified atom stereocenters. The highest BCUT2D eigenvalue weighted by Gasteiger charge is 2.01. The van der Waals surface area contributed by atoms with Gasteiger partial charge in [0.2, 0.25) is 0 Å². The third-order valence-electron chi connectivity index (χ3n) is 1.36. The van der Waals surface area contributed by atoms with E-state index in [4.69, 9.17) is 4.74 Å². The lowest BCUT2D eigenvalue weighted by molar-refractivity contribution is 0.111. The molecular formula is C8H9NO2. The molecule has 0 aromatic carbocycles. The van der Waals surface area contributed by atoms with Gasteiger partial charge in [0.05, 0.1) is 7.11 Å². The molecule has 0 aliphatic heterocycles. The topological polar surface area (TPSA) is 39.2 Å². The van der Waals surface area contributed by atoms with E-state index in [1.165, 1.54) is 7.11 Å². The minimum absolute atomic E-state index is 0.354. The maximum absolute atomic E-state index is 10.4. The smallest absolute Gasteiger partial charge is 0.172 e. The van der Waals surface area contributed by atoms with Crippen LogP contribution in [0.15, 0.2) is 12.1 Å². The molecule has 0 saturated carbocycles. The van der Waals surface area contributed by atoms with E-state index in [2.05, 4.69) is 4.98 Å². The zero-order chi connectivity index (χ0) is 8.27. The van der Waals surface area contributed by atoms with Gasteiger partial charge in [0.1, 0.15) is 11.4 Å². The summed E-state index contributed by atoms with van der Waals surface area (Å²) in [5.41, 5.74) is 1.17. The summed E-state index contributed by atoms with van der Waals surface area (Å²) in [6.07, 6.45) is 0.686. The van der Waals surface area contributed by atoms with Crippen LogP contribution in [-0.4, -0.2) is 18.4 Å². The van der Waals surface area contributed by atoms with Crippen molar-refractivity contribution in [2.75, 3.05) is 7.11 Å². The summed E-state index contributed by atoms with van der Waals surface area (Å²) in [6, 6.07) is 3.53. The number of ether oxygens (including phenoxy) is 1. The lowest BCUT2D eigenvalue weighted by Gasteiger charge is -2.01. The SMILES string of the molecule is COc1ccc(C)nc1C=O. The number of rotatable bonds is 2. The van der Waals surface area contributed by atoms with Crippen LogP contribution < -0.4 is 4.74 Å². The molecule has 0 aliphatic rings. The van der Waals surface area contributed by atoms with Crippen molar-refractivity contribution >= 4 is 6.29 Å². The van der Waals surface area contributed by atoms with Crippen molar-refractivity contribution in [3.05, 3.63) is 23.5 Å². The highest BCUT2D eigenvalue weighted by atomic mass is 16.5. The van der Waals surface area contributed by atoms with E-state index in [1.807, 2.05) is 6.92 Å². The van der Waals surface area contributed by atoms with Crippen LogP contribution in [0, 0.1) is 6.92 Å². The van der Waals surface area contributed by atoms with E-state index < -0.39 is 0 Å². The number of nitrogens with zero attached hydrogens (tertiary/aromatic N) is 1. The van der Waals surface area contributed by atoms with E-state index in [0.29, 0.717) is 17.7 Å². The van der Waals surface area contributed by atoms with E-state index in [-0.39, 0.29) is 0 Å². The van der Waals surface area contributed by atoms with Gasteiger partial charge >= 0.3 is 0 Å². The number of aryl methyl sites for hydroxylation is 1. The van der Waals surface area contributed by atoms with Gasteiger partial charge in [0.25, 0.3) is 0 Å². The average molecular weight is 151 g/mol. The van der Waals surface area contributed by atoms with Crippen LogP contribution in [0.1, 0.15) is 16.2 Å². The van der Waals surface area contributed by atoms with Crippen LogP contribution in [0.4, 0.5) is 0 Å². The quantitative estimate of drug-likeness (QED) is 0.596. The first kappa shape index (κ1) is 7.72. The van der Waals surface area contributed by atoms with Crippen LogP contribution in [0.5, 0.6) is 5.75 Å². The molecule has 1 aromatic rings. The van der Waals surface area contributed by atoms with Crippen LogP contribution in [-0.2, 0) is 0 Å². The van der Waals surface area contributed by atoms with Crippen LogP contribution in [0.2, 0.25) is 0 Å². The average Bonchev–Trinajstić information content (AvgIpc) is 2.04. The Morgan fingerprint density at radius 3 is 2.82 bits per heavy atom. The van der Waals surface area contributed by atoms with Crippen molar-refractivity contribution in [3.63, 3.8) is 0 Å². The van der Waals surface area contributed by atoms with Gasteiger partial charge in [0.15, 0.2) is 6.29 Å². The fourth-order valence-corrected chi connectivity index (χ4v) is 0.821. The number of methoxy groups -OCH3 is 1. The number of carbonyl (C=O) groups excluding carboxylic acids is 1. The molecule has 11 heavy (non-hydrogen) atoms. The van der Waals surface area contributed by atoms with Gasteiger partial charge in [-0.15, -0.1) is 0 Å². The standard InChI is InChI=1S/C8H9NO2/c1-6-3-4-8(11-2)7(5-10)9-6/h3-5H,1-2H3. The van der Waals surface area contributed by atoms with Crippen molar-refractivity contribution in [2.45, 2.75) is 6.92 Å². The summed E-state index contributed by atoms with van der Waals surface area (Å²) in [6.45, 7) is 1.83. The van der Waals surface area contributed by atoms with E-state index in [9.17, 15) is 4.79 Å². The molecule has 0 N–H and O–H groups in total. The molecule has 0 saturated heterocycles. The zero-order valence-corrected chi connectivity index (χ0v) is 6.50. The molecule has 1 heterocycles. The molecule has 58 valence electrons. The molecule has 1 rings (SSSR count). The number of aldehydes is 1. The van der Waals surface area contributed by atoms with Gasteiger partial charge in [-0.05, 0) is 19.1 Å². The fourth-order valence-electron chi connectivity index (χ4n) is 0.821. The van der Waals surface area contributed by atoms with Gasteiger partial charge in [-0.1, -0.05) is 0 Å². The Hall–Kier alpha value is -1.38. The Labute approximate surface area is 65.0 Å². The number of pyridine rings is 1. The highest BCUT2D eigenvalue weighted by Crippen LogP contribution is 2.13. The molecular weight excluding hydrogens is 142 g/mol. The van der Waals surface area contributed by atoms with Gasteiger partial charge in [-0.2, -0.15) is 0 Å². The van der Waals surface area contributed by atoms with Gasteiger partial charge < -0.3 is 4.74 Å². The monoisotopic (exact) mass is 151 g/mol. The first-order valence-electron chi connectivity index (χ1n) is 3.24. The first-order valence-corrected chi connectivity index (χ1v) is 3.24. The maximum Gasteiger partial charge on any atom is 0.172 e. The Kier molecular flexibility index (Phi) is 2.21. The third kappa shape index (κ3) is 1.55. The van der Waals surface area contributed by atoms with Crippen molar-refractivity contribution in [1.29, 1.82) is 0 Å². The summed E-state index contributed by atoms with van der Waals surface area (Å²) >= 11 is 0. The number of carbonyl (C=O) groups is 1. The predicted octanol–water partition coefficient (Wildman–Crippen LogP) is 1.21. The molecule has 1 aromatic heterocycles. The molecule has 0 aliphatic carbocycles. The number of hydrogen-bond acceptors (Lipinski definition) is 3. The van der Waals surface area contributed by atoms with Crippen LogP contribution in [0.25, 0.3) is 0 Å². The van der Waals surface area contributed by atoms with Crippen molar-refractivity contribution in [2.24, 2.45) is 0 Å². The first-order chi connectivity index (χ1) is 5.27. The van der Waals surface area contributed by atoms with E-state index in [0.717, 1.165) is 5.69 Å². The van der Waals surface area contributed by atoms with E-state index >= 15 is 0 Å². The third-order valence-corrected chi connectivity index (χ3v) is 1.36. The Bertz CT molecular complexity index is 271. The largest absolute Gasteiger partial charge is 0.494 e. The van der Waals surface area contributed by atoms with E-state index in [1.54, 1.807) is 12.1 Å². The van der Waals surface area contributed by atoms with Gasteiger partial charge in [0, 0.05) is 5.69 Å². The van der Waals surface area contributed by atoms with Gasteiger partial charge in [-0.25, -0.2) is 4.98 Å². The molecule has 0 radical (unpaired) electrons. The second kappa shape index (κ2) is 3.14. The molecule has 0 atom stereocenters. The summed E-state index contributed by atoms with van der Waals surface area (Å²) < 4.78 is 4.90. The fraction of sp³-hybridized carbons (Fsp3) is 0.250. The summed E-state index contributed by atoms with van der Waals surface area (Å²) in [4.78, 5) is 14.4.